The molecule has 2 aromatic rings. The topological polar surface area (TPSA) is 36.3 Å². The average molecular weight is 429 g/mol. The summed E-state index contributed by atoms with van der Waals surface area (Å²) >= 11 is 0. The Morgan fingerprint density at radius 1 is 0.839 bits per heavy atom. The van der Waals surface area contributed by atoms with Gasteiger partial charge in [-0.3, -0.25) is 0 Å². The molecule has 1 aromatic carbocycles. The first kappa shape index (κ1) is 25.6. The molecule has 174 valence electrons. The van der Waals surface area contributed by atoms with Crippen molar-refractivity contribution in [2.24, 2.45) is 0 Å². The summed E-state index contributed by atoms with van der Waals surface area (Å²) < 4.78 is 14.0. The summed E-state index contributed by atoms with van der Waals surface area (Å²) in [5, 5.41) is 0. The summed E-state index contributed by atoms with van der Waals surface area (Å²) in [6.45, 7) is 5.54. The van der Waals surface area contributed by atoms with Crippen molar-refractivity contribution in [1.29, 1.82) is 0 Å². The van der Waals surface area contributed by atoms with Crippen molar-refractivity contribution < 1.29 is 9.47 Å². The molecule has 0 saturated heterocycles. The van der Waals surface area contributed by atoms with Gasteiger partial charge in [0.2, 0.25) is 0 Å². The predicted octanol–water partition coefficient (Wildman–Crippen LogP) is 7.19. The van der Waals surface area contributed by atoms with Crippen LogP contribution in [0.2, 0.25) is 0 Å². The van der Waals surface area contributed by atoms with Gasteiger partial charge in [0, 0.05) is 25.5 Å². The summed E-state index contributed by atoms with van der Waals surface area (Å²) in [6, 6.07) is 10.4. The van der Waals surface area contributed by atoms with Gasteiger partial charge < -0.3 is 14.0 Å². The lowest BCUT2D eigenvalue weighted by molar-refractivity contribution is -0.0269. The van der Waals surface area contributed by atoms with Crippen molar-refractivity contribution in [2.75, 3.05) is 13.2 Å². The molecule has 1 heterocycles. The van der Waals surface area contributed by atoms with E-state index in [1.54, 1.807) is 0 Å². The number of hydrogen-bond acceptors (Lipinski definition) is 3. The highest BCUT2D eigenvalue weighted by molar-refractivity contribution is 5.13. The number of nitrogens with zero attached hydrogens (tertiary/aromatic N) is 2. The minimum Gasteiger partial charge on any atom is -0.379 e. The molecule has 0 aliphatic heterocycles. The van der Waals surface area contributed by atoms with Crippen LogP contribution in [0, 0.1) is 0 Å². The third-order valence-corrected chi connectivity index (χ3v) is 5.85. The van der Waals surface area contributed by atoms with Crippen LogP contribution in [0.1, 0.15) is 89.5 Å². The van der Waals surface area contributed by atoms with E-state index in [1.165, 1.54) is 76.2 Å². The summed E-state index contributed by atoms with van der Waals surface area (Å²) in [6.07, 6.45) is 21.8. The quantitative estimate of drug-likeness (QED) is 0.209. The summed E-state index contributed by atoms with van der Waals surface area (Å²) in [5.74, 6) is 0. The Labute approximate surface area is 190 Å². The van der Waals surface area contributed by atoms with E-state index >= 15 is 0 Å². The zero-order chi connectivity index (χ0) is 21.8. The maximum absolute atomic E-state index is 5.98. The molecular formula is C27H44N2O2. The predicted molar refractivity (Wildman–Crippen MR) is 129 cm³/mol. The molecule has 0 aliphatic carbocycles. The van der Waals surface area contributed by atoms with Gasteiger partial charge in [-0.15, -0.1) is 0 Å². The van der Waals surface area contributed by atoms with E-state index in [4.69, 9.17) is 9.47 Å². The fourth-order valence-electron chi connectivity index (χ4n) is 3.80. The van der Waals surface area contributed by atoms with Crippen LogP contribution in [-0.4, -0.2) is 28.9 Å². The summed E-state index contributed by atoms with van der Waals surface area (Å²) in [5.41, 5.74) is 1.23. The van der Waals surface area contributed by atoms with E-state index in [-0.39, 0.29) is 6.10 Å². The number of benzene rings is 1. The number of hydrogen-bond donors (Lipinski definition) is 0. The number of aryl methyl sites for hydroxylation is 1. The second kappa shape index (κ2) is 18.0. The summed E-state index contributed by atoms with van der Waals surface area (Å²) in [7, 11) is 0. The number of unbranched alkanes of at least 4 members (excludes halogenated alkanes) is 10. The Bertz CT molecular complexity index is 615. The largest absolute Gasteiger partial charge is 0.379 e. The van der Waals surface area contributed by atoms with Crippen molar-refractivity contribution in [1.82, 2.24) is 9.55 Å². The van der Waals surface area contributed by atoms with E-state index in [0.29, 0.717) is 13.2 Å². The first-order valence-corrected chi connectivity index (χ1v) is 12.6. The highest BCUT2D eigenvalue weighted by atomic mass is 16.5. The Kier molecular flexibility index (Phi) is 14.8. The maximum atomic E-state index is 5.98. The van der Waals surface area contributed by atoms with Crippen LogP contribution in [0.4, 0.5) is 0 Å². The normalized spacial score (nSPS) is 12.3. The summed E-state index contributed by atoms with van der Waals surface area (Å²) in [4.78, 5) is 4.08. The standard InChI is InChI=1S/C27H44N2O2/c1-2-27(31-23-26-17-13-12-14-18-26)24-30-22-16-11-9-7-5-3-4-6-8-10-15-20-29-21-19-28-25-29/h12-14,17-19,21,25,27H,2-11,15-16,20,22-24H2,1H3. The second-order valence-corrected chi connectivity index (χ2v) is 8.59. The fourth-order valence-corrected chi connectivity index (χ4v) is 3.80. The van der Waals surface area contributed by atoms with Crippen molar-refractivity contribution in [3.63, 3.8) is 0 Å². The highest BCUT2D eigenvalue weighted by Gasteiger charge is 2.07. The van der Waals surface area contributed by atoms with Crippen LogP contribution < -0.4 is 0 Å². The van der Waals surface area contributed by atoms with E-state index in [2.05, 4.69) is 46.9 Å². The van der Waals surface area contributed by atoms with Crippen LogP contribution in [0.15, 0.2) is 49.1 Å². The van der Waals surface area contributed by atoms with Gasteiger partial charge in [-0.25, -0.2) is 4.98 Å². The number of imidazole rings is 1. The molecule has 0 aliphatic rings. The molecule has 4 heteroatoms. The Balaban J connectivity index is 1.29. The smallest absolute Gasteiger partial charge is 0.0945 e. The van der Waals surface area contributed by atoms with E-state index in [1.807, 2.05) is 18.6 Å². The van der Waals surface area contributed by atoms with Crippen molar-refractivity contribution >= 4 is 0 Å². The van der Waals surface area contributed by atoms with Gasteiger partial charge in [0.25, 0.3) is 0 Å². The van der Waals surface area contributed by atoms with Gasteiger partial charge in [-0.2, -0.15) is 0 Å². The lowest BCUT2D eigenvalue weighted by Crippen LogP contribution is -2.19. The second-order valence-electron chi connectivity index (χ2n) is 8.59. The zero-order valence-corrected chi connectivity index (χ0v) is 19.7. The monoisotopic (exact) mass is 428 g/mol. The molecular weight excluding hydrogens is 384 g/mol. The average Bonchev–Trinajstić information content (AvgIpc) is 3.32. The SMILES string of the molecule is CCC(COCCCCCCCCCCCCCn1ccnc1)OCc1ccccc1. The molecule has 1 aromatic heterocycles. The lowest BCUT2D eigenvalue weighted by atomic mass is 10.1. The van der Waals surface area contributed by atoms with E-state index < -0.39 is 0 Å². The molecule has 1 unspecified atom stereocenters. The number of aromatic nitrogens is 2. The van der Waals surface area contributed by atoms with Crippen LogP contribution in [0.25, 0.3) is 0 Å². The Morgan fingerprint density at radius 3 is 2.10 bits per heavy atom. The lowest BCUT2D eigenvalue weighted by Gasteiger charge is -2.16. The van der Waals surface area contributed by atoms with Crippen molar-refractivity contribution in [3.8, 4) is 0 Å². The molecule has 0 saturated carbocycles. The molecule has 4 nitrogen and oxygen atoms in total. The van der Waals surface area contributed by atoms with Crippen LogP contribution in [-0.2, 0) is 22.6 Å². The van der Waals surface area contributed by atoms with E-state index in [0.717, 1.165) is 19.6 Å². The van der Waals surface area contributed by atoms with Gasteiger partial charge in [-0.05, 0) is 24.8 Å². The molecule has 0 amide bonds. The van der Waals surface area contributed by atoms with Crippen molar-refractivity contribution in [3.05, 3.63) is 54.6 Å². The van der Waals surface area contributed by atoms with Crippen LogP contribution in [0.3, 0.4) is 0 Å². The van der Waals surface area contributed by atoms with Gasteiger partial charge in [0.05, 0.1) is 25.6 Å². The van der Waals surface area contributed by atoms with Crippen molar-refractivity contribution in [2.45, 2.75) is 103 Å². The van der Waals surface area contributed by atoms with Gasteiger partial charge in [0.15, 0.2) is 0 Å². The first-order valence-electron chi connectivity index (χ1n) is 12.6. The minimum absolute atomic E-state index is 0.200. The number of ether oxygens (including phenoxy) is 2. The third kappa shape index (κ3) is 13.4. The minimum atomic E-state index is 0.200. The molecule has 0 fully saturated rings. The zero-order valence-electron chi connectivity index (χ0n) is 19.7. The molecule has 0 N–H and O–H groups in total. The van der Waals surface area contributed by atoms with E-state index in [9.17, 15) is 0 Å². The van der Waals surface area contributed by atoms with Gasteiger partial charge >= 0.3 is 0 Å². The third-order valence-electron chi connectivity index (χ3n) is 5.85. The molecule has 0 radical (unpaired) electrons. The first-order chi connectivity index (χ1) is 15.4. The van der Waals surface area contributed by atoms with Gasteiger partial charge in [0.1, 0.15) is 0 Å². The molecule has 2 rings (SSSR count). The Hall–Kier alpha value is -1.65. The molecule has 1 atom stereocenters. The highest BCUT2D eigenvalue weighted by Crippen LogP contribution is 2.12. The number of rotatable bonds is 20. The maximum Gasteiger partial charge on any atom is 0.0945 e. The fraction of sp³-hybridized carbons (Fsp3) is 0.667. The van der Waals surface area contributed by atoms with Crippen LogP contribution >= 0.6 is 0 Å². The molecule has 0 spiro atoms. The molecule has 31 heavy (non-hydrogen) atoms. The van der Waals surface area contributed by atoms with Gasteiger partial charge in [-0.1, -0.05) is 95.0 Å². The Morgan fingerprint density at radius 2 is 1.48 bits per heavy atom. The van der Waals surface area contributed by atoms with Crippen LogP contribution in [0.5, 0.6) is 0 Å². The molecule has 0 bridgehead atoms.